The Hall–Kier alpha value is -2.53. The number of methoxy groups -OCH3 is 1. The van der Waals surface area contributed by atoms with Crippen LogP contribution < -0.4 is 10.1 Å². The van der Waals surface area contributed by atoms with Gasteiger partial charge in [-0.1, -0.05) is 18.2 Å². The van der Waals surface area contributed by atoms with Gasteiger partial charge in [0.2, 0.25) is 0 Å². The highest BCUT2D eigenvalue weighted by atomic mass is 16.5. The summed E-state index contributed by atoms with van der Waals surface area (Å²) in [7, 11) is 1.73. The number of carbonyl (C=O) groups excluding carboxylic acids is 1. The molecule has 0 spiro atoms. The van der Waals surface area contributed by atoms with E-state index in [2.05, 4.69) is 5.32 Å². The number of rotatable bonds is 7. The van der Waals surface area contributed by atoms with Crippen molar-refractivity contribution >= 4 is 11.7 Å². The Morgan fingerprint density at radius 3 is 2.59 bits per heavy atom. The van der Waals surface area contributed by atoms with E-state index in [1.54, 1.807) is 7.11 Å². The van der Waals surface area contributed by atoms with Gasteiger partial charge in [0.1, 0.15) is 11.5 Å². The summed E-state index contributed by atoms with van der Waals surface area (Å²) >= 11 is 0. The molecule has 1 aliphatic rings. The van der Waals surface area contributed by atoms with Crippen LogP contribution in [0.25, 0.3) is 0 Å². The molecule has 2 aromatic rings. The summed E-state index contributed by atoms with van der Waals surface area (Å²) in [4.78, 5) is 14.5. The number of piperidine rings is 1. The van der Waals surface area contributed by atoms with Crippen molar-refractivity contribution in [2.24, 2.45) is 5.92 Å². The van der Waals surface area contributed by atoms with Crippen LogP contribution in [0.4, 0.5) is 10.5 Å². The maximum absolute atomic E-state index is 12.6. The topological polar surface area (TPSA) is 50.8 Å². The molecule has 5 nitrogen and oxygen atoms in total. The lowest BCUT2D eigenvalue weighted by Gasteiger charge is -2.32. The zero-order valence-electron chi connectivity index (χ0n) is 15.9. The number of amides is 2. The van der Waals surface area contributed by atoms with Crippen LogP contribution in [0.2, 0.25) is 0 Å². The summed E-state index contributed by atoms with van der Waals surface area (Å²) in [5.41, 5.74) is 0.780. The van der Waals surface area contributed by atoms with Gasteiger partial charge in [0.25, 0.3) is 0 Å². The first-order chi connectivity index (χ1) is 13.2. The summed E-state index contributed by atoms with van der Waals surface area (Å²) in [6, 6.07) is 17.1. The van der Waals surface area contributed by atoms with E-state index in [-0.39, 0.29) is 6.03 Å². The molecule has 5 heteroatoms. The van der Waals surface area contributed by atoms with E-state index < -0.39 is 0 Å². The van der Waals surface area contributed by atoms with Crippen molar-refractivity contribution in [1.82, 2.24) is 4.90 Å². The summed E-state index contributed by atoms with van der Waals surface area (Å²) < 4.78 is 10.9. The molecule has 2 aromatic carbocycles. The second-order valence-electron chi connectivity index (χ2n) is 6.96. The second kappa shape index (κ2) is 9.97. The third-order valence-electron chi connectivity index (χ3n) is 4.85. The number of nitrogens with one attached hydrogen (secondary N) is 1. The van der Waals surface area contributed by atoms with Crippen molar-refractivity contribution in [2.45, 2.75) is 25.7 Å². The fraction of sp³-hybridized carbons (Fsp3) is 0.409. The molecule has 2 amide bonds. The van der Waals surface area contributed by atoms with Crippen LogP contribution in [-0.2, 0) is 4.74 Å². The Morgan fingerprint density at radius 1 is 1.11 bits per heavy atom. The Bertz CT molecular complexity index is 703. The van der Waals surface area contributed by atoms with Gasteiger partial charge in [-0.25, -0.2) is 4.79 Å². The molecule has 0 bridgehead atoms. The van der Waals surface area contributed by atoms with Crippen LogP contribution in [-0.4, -0.2) is 37.7 Å². The van der Waals surface area contributed by atoms with Crippen molar-refractivity contribution in [2.75, 3.05) is 32.1 Å². The van der Waals surface area contributed by atoms with E-state index in [4.69, 9.17) is 9.47 Å². The molecule has 0 unspecified atom stereocenters. The van der Waals surface area contributed by atoms with Crippen LogP contribution in [0, 0.1) is 5.92 Å². The minimum absolute atomic E-state index is 0.0248. The van der Waals surface area contributed by atoms with E-state index in [0.29, 0.717) is 5.92 Å². The SMILES string of the molecule is COCCC[C@H]1CCCN(C(=O)Nc2ccc(Oc3ccccc3)cc2)C1. The van der Waals surface area contributed by atoms with Gasteiger partial charge in [-0.15, -0.1) is 0 Å². The van der Waals surface area contributed by atoms with Gasteiger partial charge in [0.15, 0.2) is 0 Å². The molecule has 27 heavy (non-hydrogen) atoms. The van der Waals surface area contributed by atoms with Gasteiger partial charge in [-0.05, 0) is 68.0 Å². The Balaban J connectivity index is 1.50. The molecular weight excluding hydrogens is 340 g/mol. The summed E-state index contributed by atoms with van der Waals surface area (Å²) in [6.07, 6.45) is 4.43. The molecule has 1 saturated heterocycles. The number of hydrogen-bond acceptors (Lipinski definition) is 3. The molecule has 144 valence electrons. The van der Waals surface area contributed by atoms with Gasteiger partial charge >= 0.3 is 6.03 Å². The quantitative estimate of drug-likeness (QED) is 0.688. The molecule has 0 aliphatic carbocycles. The molecule has 1 aliphatic heterocycles. The first-order valence-corrected chi connectivity index (χ1v) is 9.62. The normalized spacial score (nSPS) is 16.8. The molecule has 1 heterocycles. The average Bonchev–Trinajstić information content (AvgIpc) is 2.71. The van der Waals surface area contributed by atoms with Gasteiger partial charge < -0.3 is 19.7 Å². The fourth-order valence-electron chi connectivity index (χ4n) is 3.43. The van der Waals surface area contributed by atoms with Crippen molar-refractivity contribution in [3.05, 3.63) is 54.6 Å². The maximum atomic E-state index is 12.6. The summed E-state index contributed by atoms with van der Waals surface area (Å²) in [5.74, 6) is 2.11. The predicted octanol–water partition coefficient (Wildman–Crippen LogP) is 5.15. The van der Waals surface area contributed by atoms with Crippen LogP contribution >= 0.6 is 0 Å². The average molecular weight is 368 g/mol. The fourth-order valence-corrected chi connectivity index (χ4v) is 3.43. The van der Waals surface area contributed by atoms with Crippen LogP contribution in [0.5, 0.6) is 11.5 Å². The first kappa shape index (κ1) is 19.2. The highest BCUT2D eigenvalue weighted by Gasteiger charge is 2.23. The summed E-state index contributed by atoms with van der Waals surface area (Å²) in [6.45, 7) is 2.44. The highest BCUT2D eigenvalue weighted by molar-refractivity contribution is 5.89. The van der Waals surface area contributed by atoms with E-state index in [1.165, 1.54) is 6.42 Å². The molecular formula is C22H28N2O3. The zero-order chi connectivity index (χ0) is 18.9. The minimum atomic E-state index is -0.0248. The van der Waals surface area contributed by atoms with Crippen molar-refractivity contribution in [3.63, 3.8) is 0 Å². The van der Waals surface area contributed by atoms with Crippen molar-refractivity contribution in [1.29, 1.82) is 0 Å². The maximum Gasteiger partial charge on any atom is 0.321 e. The lowest BCUT2D eigenvalue weighted by molar-refractivity contribution is 0.156. The molecule has 1 atom stereocenters. The number of hydrogen-bond donors (Lipinski definition) is 1. The van der Waals surface area contributed by atoms with Crippen LogP contribution in [0.15, 0.2) is 54.6 Å². The smallest absolute Gasteiger partial charge is 0.321 e. The Labute approximate surface area is 161 Å². The number of nitrogens with zero attached hydrogens (tertiary/aromatic N) is 1. The van der Waals surface area contributed by atoms with Gasteiger partial charge in [-0.2, -0.15) is 0 Å². The molecule has 0 aromatic heterocycles. The van der Waals surface area contributed by atoms with Crippen LogP contribution in [0.1, 0.15) is 25.7 Å². The molecule has 3 rings (SSSR count). The minimum Gasteiger partial charge on any atom is -0.457 e. The standard InChI is InChI=1S/C22H28N2O3/c1-26-16-6-8-18-7-5-15-24(17-18)22(25)23-19-11-13-21(14-12-19)27-20-9-3-2-4-10-20/h2-4,9-14,18H,5-8,15-17H2,1H3,(H,23,25)/t18-/m1/s1. The number of ether oxygens (including phenoxy) is 2. The van der Waals surface area contributed by atoms with Crippen LogP contribution in [0.3, 0.4) is 0 Å². The lowest BCUT2D eigenvalue weighted by Crippen LogP contribution is -2.42. The van der Waals surface area contributed by atoms with E-state index in [0.717, 1.165) is 56.1 Å². The third-order valence-corrected chi connectivity index (χ3v) is 4.85. The van der Waals surface area contributed by atoms with Crippen molar-refractivity contribution in [3.8, 4) is 11.5 Å². The lowest BCUT2D eigenvalue weighted by atomic mass is 9.94. The monoisotopic (exact) mass is 368 g/mol. The van der Waals surface area contributed by atoms with E-state index >= 15 is 0 Å². The second-order valence-corrected chi connectivity index (χ2v) is 6.96. The Kier molecular flexibility index (Phi) is 7.11. The van der Waals surface area contributed by atoms with Gasteiger partial charge in [-0.3, -0.25) is 0 Å². The highest BCUT2D eigenvalue weighted by Crippen LogP contribution is 2.24. The number of para-hydroxylation sites is 1. The van der Waals surface area contributed by atoms with E-state index in [1.807, 2.05) is 59.5 Å². The predicted molar refractivity (Wildman–Crippen MR) is 107 cm³/mol. The van der Waals surface area contributed by atoms with E-state index in [9.17, 15) is 4.79 Å². The number of anilines is 1. The largest absolute Gasteiger partial charge is 0.457 e. The number of benzene rings is 2. The van der Waals surface area contributed by atoms with Gasteiger partial charge in [0, 0.05) is 32.5 Å². The Morgan fingerprint density at radius 2 is 1.85 bits per heavy atom. The molecule has 1 N–H and O–H groups in total. The van der Waals surface area contributed by atoms with Gasteiger partial charge in [0.05, 0.1) is 0 Å². The number of urea groups is 1. The third kappa shape index (κ3) is 6.00. The zero-order valence-corrected chi connectivity index (χ0v) is 15.9. The summed E-state index contributed by atoms with van der Waals surface area (Å²) in [5, 5.41) is 3.00. The number of carbonyl (C=O) groups is 1. The molecule has 1 fully saturated rings. The number of likely N-dealkylation sites (tertiary alicyclic amines) is 1. The molecule has 0 saturated carbocycles. The molecule has 0 radical (unpaired) electrons. The van der Waals surface area contributed by atoms with Crippen molar-refractivity contribution < 1.29 is 14.3 Å². The first-order valence-electron chi connectivity index (χ1n) is 9.62.